The second-order valence-corrected chi connectivity index (χ2v) is 9.62. The molecule has 0 bridgehead atoms. The smallest absolute Gasteiger partial charge is 0.319 e. The summed E-state index contributed by atoms with van der Waals surface area (Å²) in [5, 5.41) is 16.3. The molecular formula is C24H20Cl3N3O5S. The standard InChI is InChI=1S/C24H20Cl3N3O5S/c1-3-35-18-7-4-12(8-17(18)27)20-14(10-28)23(30-22(32)21(20)24(33)34-2)36-11-19(31)29-13-5-6-15(25)16(26)9-13/h4-9,20-21H,3,11H2,1-2H3,(H,29,31)(H,30,32)/t20-,21-/m1/s1. The van der Waals surface area contributed by atoms with Crippen LogP contribution in [0.4, 0.5) is 5.69 Å². The van der Waals surface area contributed by atoms with E-state index in [-0.39, 0.29) is 26.4 Å². The van der Waals surface area contributed by atoms with E-state index in [9.17, 15) is 19.6 Å². The summed E-state index contributed by atoms with van der Waals surface area (Å²) in [6.45, 7) is 2.20. The molecule has 1 aliphatic heterocycles. The van der Waals surface area contributed by atoms with Crippen LogP contribution in [-0.2, 0) is 19.1 Å². The number of carbonyl (C=O) groups is 3. The zero-order valence-corrected chi connectivity index (χ0v) is 22.1. The monoisotopic (exact) mass is 567 g/mol. The first kappa shape index (κ1) is 27.7. The van der Waals surface area contributed by atoms with Crippen molar-refractivity contribution in [2.75, 3.05) is 24.8 Å². The molecule has 188 valence electrons. The molecule has 0 aliphatic carbocycles. The number of thioether (sulfide) groups is 1. The van der Waals surface area contributed by atoms with Crippen LogP contribution in [-0.4, -0.2) is 37.3 Å². The first-order valence-corrected chi connectivity index (χ1v) is 12.6. The van der Waals surface area contributed by atoms with Gasteiger partial charge in [-0.05, 0) is 42.8 Å². The molecule has 0 saturated heterocycles. The lowest BCUT2D eigenvalue weighted by atomic mass is 9.78. The highest BCUT2D eigenvalue weighted by atomic mass is 35.5. The van der Waals surface area contributed by atoms with E-state index in [1.54, 1.807) is 37.3 Å². The van der Waals surface area contributed by atoms with Crippen molar-refractivity contribution in [2.24, 2.45) is 5.92 Å². The molecule has 2 amide bonds. The molecule has 2 aromatic carbocycles. The van der Waals surface area contributed by atoms with E-state index in [1.165, 1.54) is 6.07 Å². The minimum atomic E-state index is -1.33. The quantitative estimate of drug-likeness (QED) is 0.334. The minimum Gasteiger partial charge on any atom is -0.492 e. The van der Waals surface area contributed by atoms with E-state index in [2.05, 4.69) is 16.7 Å². The average molecular weight is 569 g/mol. The van der Waals surface area contributed by atoms with Gasteiger partial charge in [-0.25, -0.2) is 0 Å². The minimum absolute atomic E-state index is 0.0950. The van der Waals surface area contributed by atoms with Gasteiger partial charge >= 0.3 is 5.97 Å². The largest absolute Gasteiger partial charge is 0.492 e. The number of nitrogens with zero attached hydrogens (tertiary/aromatic N) is 1. The third-order valence-electron chi connectivity index (χ3n) is 5.15. The highest BCUT2D eigenvalue weighted by Crippen LogP contribution is 2.42. The molecular weight excluding hydrogens is 549 g/mol. The van der Waals surface area contributed by atoms with Gasteiger partial charge in [0.05, 0.1) is 51.2 Å². The fraction of sp³-hybridized carbons (Fsp3) is 0.250. The SMILES string of the molecule is CCOc1ccc([C@@H]2C(C#N)=C(SCC(=O)Nc3ccc(Cl)c(Cl)c3)NC(=O)[C@@H]2C(=O)OC)cc1Cl. The third-order valence-corrected chi connectivity index (χ3v) is 7.20. The summed E-state index contributed by atoms with van der Waals surface area (Å²) >= 11 is 19.2. The van der Waals surface area contributed by atoms with Gasteiger partial charge in [0.2, 0.25) is 11.8 Å². The van der Waals surface area contributed by atoms with Gasteiger partial charge in [-0.15, -0.1) is 0 Å². The Hall–Kier alpha value is -2.90. The first-order valence-electron chi connectivity index (χ1n) is 10.5. The predicted molar refractivity (Wildman–Crippen MR) is 139 cm³/mol. The van der Waals surface area contributed by atoms with Gasteiger partial charge in [0.25, 0.3) is 0 Å². The van der Waals surface area contributed by atoms with E-state index in [4.69, 9.17) is 44.3 Å². The zero-order valence-electron chi connectivity index (χ0n) is 19.1. The molecule has 1 heterocycles. The molecule has 0 fully saturated rings. The number of methoxy groups -OCH3 is 1. The number of anilines is 1. The summed E-state index contributed by atoms with van der Waals surface area (Å²) in [7, 11) is 1.16. The van der Waals surface area contributed by atoms with Crippen molar-refractivity contribution < 1.29 is 23.9 Å². The van der Waals surface area contributed by atoms with Gasteiger partial charge in [-0.3, -0.25) is 14.4 Å². The number of hydrogen-bond donors (Lipinski definition) is 2. The Balaban J connectivity index is 1.91. The second kappa shape index (κ2) is 12.4. The van der Waals surface area contributed by atoms with Crippen molar-refractivity contribution in [2.45, 2.75) is 12.8 Å². The summed E-state index contributed by atoms with van der Waals surface area (Å²) in [5.74, 6) is -3.90. The number of carbonyl (C=O) groups excluding carboxylic acids is 3. The Morgan fingerprint density at radius 1 is 1.14 bits per heavy atom. The molecule has 1 aliphatic rings. The Morgan fingerprint density at radius 2 is 1.89 bits per heavy atom. The molecule has 2 atom stereocenters. The zero-order chi connectivity index (χ0) is 26.4. The van der Waals surface area contributed by atoms with Gasteiger partial charge in [-0.1, -0.05) is 52.6 Å². The number of rotatable bonds is 8. The molecule has 0 unspecified atom stereocenters. The lowest BCUT2D eigenvalue weighted by Gasteiger charge is -2.31. The maximum absolute atomic E-state index is 13.0. The Bertz CT molecular complexity index is 1280. The molecule has 0 spiro atoms. The van der Waals surface area contributed by atoms with Crippen molar-refractivity contribution in [3.05, 3.63) is 67.6 Å². The Morgan fingerprint density at radius 3 is 2.50 bits per heavy atom. The van der Waals surface area contributed by atoms with Crippen LogP contribution in [0.3, 0.4) is 0 Å². The maximum atomic E-state index is 13.0. The number of nitriles is 1. The lowest BCUT2D eigenvalue weighted by Crippen LogP contribution is -2.44. The van der Waals surface area contributed by atoms with Crippen LogP contribution in [0, 0.1) is 17.2 Å². The molecule has 36 heavy (non-hydrogen) atoms. The molecule has 12 heteroatoms. The number of halogens is 3. The number of amides is 2. The second-order valence-electron chi connectivity index (χ2n) is 7.41. The Kier molecular flexibility index (Phi) is 9.51. The summed E-state index contributed by atoms with van der Waals surface area (Å²) in [5.41, 5.74) is 0.978. The normalized spacial score (nSPS) is 17.2. The number of esters is 1. The summed E-state index contributed by atoms with van der Waals surface area (Å²) in [4.78, 5) is 38.0. The van der Waals surface area contributed by atoms with Crippen molar-refractivity contribution in [1.29, 1.82) is 5.26 Å². The molecule has 3 rings (SSSR count). The van der Waals surface area contributed by atoms with Crippen LogP contribution in [0.5, 0.6) is 5.75 Å². The maximum Gasteiger partial charge on any atom is 0.319 e. The van der Waals surface area contributed by atoms with Crippen LogP contribution in [0.1, 0.15) is 18.4 Å². The number of benzene rings is 2. The lowest BCUT2D eigenvalue weighted by molar-refractivity contribution is -0.150. The van der Waals surface area contributed by atoms with Crippen molar-refractivity contribution in [3.63, 3.8) is 0 Å². The Labute approximate surface area is 226 Å². The van der Waals surface area contributed by atoms with E-state index < -0.39 is 29.6 Å². The first-order chi connectivity index (χ1) is 17.2. The summed E-state index contributed by atoms with van der Waals surface area (Å²) in [6, 6.07) is 11.5. The third kappa shape index (κ3) is 6.26. The van der Waals surface area contributed by atoms with Gasteiger partial charge in [-0.2, -0.15) is 5.26 Å². The number of allylic oxidation sites excluding steroid dienone is 1. The van der Waals surface area contributed by atoms with Gasteiger partial charge in [0.1, 0.15) is 11.7 Å². The molecule has 2 aromatic rings. The van der Waals surface area contributed by atoms with E-state index in [1.807, 2.05) is 0 Å². The molecule has 0 aromatic heterocycles. The van der Waals surface area contributed by atoms with Gasteiger partial charge in [0, 0.05) is 11.6 Å². The molecule has 0 radical (unpaired) electrons. The molecule has 0 saturated carbocycles. The fourth-order valence-electron chi connectivity index (χ4n) is 3.57. The summed E-state index contributed by atoms with van der Waals surface area (Å²) in [6.07, 6.45) is 0. The van der Waals surface area contributed by atoms with Crippen LogP contribution in [0.25, 0.3) is 0 Å². The number of nitrogens with one attached hydrogen (secondary N) is 2. The predicted octanol–water partition coefficient (Wildman–Crippen LogP) is 5.16. The van der Waals surface area contributed by atoms with Crippen LogP contribution < -0.4 is 15.4 Å². The van der Waals surface area contributed by atoms with Crippen LogP contribution >= 0.6 is 46.6 Å². The van der Waals surface area contributed by atoms with Crippen molar-refractivity contribution in [3.8, 4) is 11.8 Å². The number of ether oxygens (including phenoxy) is 2. The van der Waals surface area contributed by atoms with Gasteiger partial charge in [0.15, 0.2) is 0 Å². The van der Waals surface area contributed by atoms with Crippen LogP contribution in [0.15, 0.2) is 47.0 Å². The van der Waals surface area contributed by atoms with Crippen LogP contribution in [0.2, 0.25) is 15.1 Å². The highest BCUT2D eigenvalue weighted by Gasteiger charge is 2.44. The van der Waals surface area contributed by atoms with E-state index in [0.29, 0.717) is 28.6 Å². The molecule has 8 nitrogen and oxygen atoms in total. The van der Waals surface area contributed by atoms with E-state index >= 15 is 0 Å². The van der Waals surface area contributed by atoms with Crippen molar-refractivity contribution in [1.82, 2.24) is 5.32 Å². The topological polar surface area (TPSA) is 118 Å². The summed E-state index contributed by atoms with van der Waals surface area (Å²) < 4.78 is 10.3. The molecule has 2 N–H and O–H groups in total. The highest BCUT2D eigenvalue weighted by molar-refractivity contribution is 8.03. The number of hydrogen-bond acceptors (Lipinski definition) is 7. The van der Waals surface area contributed by atoms with Gasteiger partial charge < -0.3 is 20.1 Å². The van der Waals surface area contributed by atoms with E-state index in [0.717, 1.165) is 18.9 Å². The fourth-order valence-corrected chi connectivity index (χ4v) is 4.96. The van der Waals surface area contributed by atoms with Crippen molar-refractivity contribution >= 4 is 70.0 Å². The average Bonchev–Trinajstić information content (AvgIpc) is 2.85.